The van der Waals surface area contributed by atoms with Gasteiger partial charge in [-0.1, -0.05) is 12.1 Å². The van der Waals surface area contributed by atoms with Crippen LogP contribution in [0.5, 0.6) is 17.2 Å². The number of aromatic nitrogens is 4. The van der Waals surface area contributed by atoms with Gasteiger partial charge in [-0.05, 0) is 109 Å². The minimum atomic E-state index is -2.26. The molecule has 14 nitrogen and oxygen atoms in total. The summed E-state index contributed by atoms with van der Waals surface area (Å²) in [6.07, 6.45) is 8.38. The Balaban J connectivity index is 0.920. The van der Waals surface area contributed by atoms with Crippen LogP contribution in [0.4, 0.5) is 16.0 Å². The molecule has 3 atom stereocenters. The normalized spacial score (nSPS) is 19.9. The number of rotatable bonds is 14. The van der Waals surface area contributed by atoms with Crippen LogP contribution < -0.4 is 18.7 Å². The zero-order chi connectivity index (χ0) is 41.1. The second-order valence-electron chi connectivity index (χ2n) is 16.4. The number of piperidine rings is 1. The van der Waals surface area contributed by atoms with Gasteiger partial charge in [0.05, 0.1) is 50.4 Å². The Labute approximate surface area is 342 Å². The van der Waals surface area contributed by atoms with Gasteiger partial charge >= 0.3 is 0 Å². The summed E-state index contributed by atoms with van der Waals surface area (Å²) < 4.78 is 59.2. The molecule has 3 fully saturated rings. The second kappa shape index (κ2) is 17.7. The Morgan fingerprint density at radius 1 is 1.03 bits per heavy atom. The van der Waals surface area contributed by atoms with Gasteiger partial charge in [0.15, 0.2) is 11.6 Å². The molecule has 7 rings (SSSR count). The molecule has 1 spiro atoms. The number of carbonyl (C=O) groups excluding carboxylic acids is 1. The predicted molar refractivity (Wildman–Crippen MR) is 220 cm³/mol. The van der Waals surface area contributed by atoms with E-state index in [0.29, 0.717) is 30.5 Å². The molecule has 3 aliphatic rings. The minimum absolute atomic E-state index is 0.0419. The molecular formula is C42H55FN8O6S. The van der Waals surface area contributed by atoms with Crippen molar-refractivity contribution >= 4 is 28.8 Å². The number of amides is 1. The Bertz CT molecular complexity index is 2050. The fourth-order valence-corrected chi connectivity index (χ4v) is 9.41. The third-order valence-electron chi connectivity index (χ3n) is 11.7. The molecule has 1 N–H and O–H groups in total. The number of imidazole rings is 1. The smallest absolute Gasteiger partial charge is 0.263 e. The zero-order valence-corrected chi connectivity index (χ0v) is 35.0. The number of ether oxygens (including phenoxy) is 3. The lowest BCUT2D eigenvalue weighted by molar-refractivity contribution is -0.0271. The molecule has 3 aliphatic heterocycles. The van der Waals surface area contributed by atoms with Crippen molar-refractivity contribution in [3.63, 3.8) is 0 Å². The van der Waals surface area contributed by atoms with Crippen molar-refractivity contribution in [2.75, 3.05) is 55.6 Å². The van der Waals surface area contributed by atoms with Gasteiger partial charge in [-0.15, -0.1) is 0 Å². The van der Waals surface area contributed by atoms with Crippen molar-refractivity contribution in [2.24, 2.45) is 5.41 Å². The number of nitrogens with zero attached hydrogens (tertiary/aromatic N) is 8. The summed E-state index contributed by atoms with van der Waals surface area (Å²) in [5, 5.41) is 0. The van der Waals surface area contributed by atoms with E-state index < -0.39 is 17.1 Å². The second-order valence-corrected chi connectivity index (χ2v) is 17.2. The van der Waals surface area contributed by atoms with Crippen molar-refractivity contribution in [3.05, 3.63) is 84.0 Å². The molecule has 0 radical (unpaired) electrons. The molecule has 3 saturated heterocycles. The molecule has 2 aromatic heterocycles. The van der Waals surface area contributed by atoms with E-state index in [9.17, 15) is 17.9 Å². The van der Waals surface area contributed by atoms with E-state index in [0.717, 1.165) is 75.5 Å². The van der Waals surface area contributed by atoms with Crippen molar-refractivity contribution in [2.45, 2.75) is 91.1 Å². The summed E-state index contributed by atoms with van der Waals surface area (Å²) in [5.74, 6) is 2.64. The quantitative estimate of drug-likeness (QED) is 0.143. The maximum atomic E-state index is 14.5. The lowest BCUT2D eigenvalue weighted by Gasteiger charge is -2.54. The molecule has 312 valence electrons. The molecular weight excluding hydrogens is 764 g/mol. The van der Waals surface area contributed by atoms with Crippen LogP contribution in [0.2, 0.25) is 0 Å². The third-order valence-corrected chi connectivity index (χ3v) is 12.6. The summed E-state index contributed by atoms with van der Waals surface area (Å²) in [6.45, 7) is 14.9. The van der Waals surface area contributed by atoms with Crippen LogP contribution in [-0.4, -0.2) is 115 Å². The Morgan fingerprint density at radius 2 is 1.76 bits per heavy atom. The molecule has 0 bridgehead atoms. The van der Waals surface area contributed by atoms with Crippen LogP contribution in [-0.2, 0) is 22.5 Å². The van der Waals surface area contributed by atoms with Crippen LogP contribution >= 0.6 is 0 Å². The standard InChI is InChI=1S/C42H55FN8O6S/c1-28(2)50(29(3)4)41(52)36-19-32(43)9-14-37(36)57-38-20-44-27-46-40(38)48-25-42(26-48)15-17-47(18-16-42)23-35-13-10-33(24-56-35)51(58(53)54)39-21-45-30(5)49(39)22-31-7-11-34(55-6)12-8-31/h7-9,11-12,14,19-21,27-29,33,35H,10,13,15-18,22-26H2,1-6H3,(H,53,54)/t33-,35+/m1/s1. The average Bonchev–Trinajstić information content (AvgIpc) is 3.54. The van der Waals surface area contributed by atoms with Gasteiger partial charge in [-0.3, -0.25) is 9.35 Å². The summed E-state index contributed by atoms with van der Waals surface area (Å²) in [5.41, 5.74) is 1.34. The van der Waals surface area contributed by atoms with Gasteiger partial charge < -0.3 is 33.5 Å². The molecule has 1 unspecified atom stereocenters. The van der Waals surface area contributed by atoms with Gasteiger partial charge in [0.2, 0.25) is 0 Å². The number of anilines is 2. The highest BCUT2D eigenvalue weighted by atomic mass is 32.2. The number of hydrogen-bond donors (Lipinski definition) is 1. The summed E-state index contributed by atoms with van der Waals surface area (Å²) in [6, 6.07) is 11.4. The number of benzene rings is 2. The SMILES string of the molecule is COc1ccc(Cn2c(N([C@@H]3CC[C@@H](CN4CCC5(CC4)CN(c4ncncc4Oc4ccc(F)cc4C(=O)N(C(C)C)C(C)C)C5)OC3)S(=O)O)cnc2C)cc1. The highest BCUT2D eigenvalue weighted by Gasteiger charge is 2.46. The van der Waals surface area contributed by atoms with Crippen LogP contribution in [0.1, 0.15) is 75.1 Å². The average molecular weight is 819 g/mol. The lowest BCUT2D eigenvalue weighted by atomic mass is 9.72. The van der Waals surface area contributed by atoms with E-state index in [4.69, 9.17) is 14.2 Å². The summed E-state index contributed by atoms with van der Waals surface area (Å²) in [7, 11) is 1.63. The topological polar surface area (TPSA) is 139 Å². The minimum Gasteiger partial charge on any atom is -0.497 e. The van der Waals surface area contributed by atoms with Crippen molar-refractivity contribution in [1.29, 1.82) is 0 Å². The lowest BCUT2D eigenvalue weighted by Crippen LogP contribution is -2.61. The first-order chi connectivity index (χ1) is 27.8. The monoisotopic (exact) mass is 818 g/mol. The highest BCUT2D eigenvalue weighted by molar-refractivity contribution is 7.80. The van der Waals surface area contributed by atoms with Gasteiger partial charge in [0.1, 0.15) is 35.3 Å². The van der Waals surface area contributed by atoms with E-state index in [1.165, 1.54) is 28.8 Å². The molecule has 0 saturated carbocycles. The van der Waals surface area contributed by atoms with Gasteiger partial charge in [-0.2, -0.15) is 0 Å². The molecule has 4 aromatic rings. The number of methoxy groups -OCH3 is 1. The maximum absolute atomic E-state index is 14.5. The predicted octanol–water partition coefficient (Wildman–Crippen LogP) is 6.32. The number of likely N-dealkylation sites (tertiary alicyclic amines) is 1. The summed E-state index contributed by atoms with van der Waals surface area (Å²) >= 11 is -2.26. The van der Waals surface area contributed by atoms with Crippen LogP contribution in [0.15, 0.2) is 61.2 Å². The van der Waals surface area contributed by atoms with Crippen molar-refractivity contribution in [3.8, 4) is 17.2 Å². The molecule has 5 heterocycles. The Hall–Kier alpha value is -4.64. The van der Waals surface area contributed by atoms with E-state index in [2.05, 4.69) is 24.8 Å². The highest BCUT2D eigenvalue weighted by Crippen LogP contribution is 2.45. The first-order valence-electron chi connectivity index (χ1n) is 20.1. The summed E-state index contributed by atoms with van der Waals surface area (Å²) in [4.78, 5) is 33.3. The van der Waals surface area contributed by atoms with E-state index in [1.54, 1.807) is 24.4 Å². The Kier molecular flexibility index (Phi) is 12.7. The fourth-order valence-electron chi connectivity index (χ4n) is 8.69. The van der Waals surface area contributed by atoms with Gasteiger partial charge in [0.25, 0.3) is 17.2 Å². The van der Waals surface area contributed by atoms with E-state index >= 15 is 0 Å². The van der Waals surface area contributed by atoms with Gasteiger partial charge in [0, 0.05) is 37.1 Å². The molecule has 58 heavy (non-hydrogen) atoms. The largest absolute Gasteiger partial charge is 0.497 e. The number of halogens is 1. The van der Waals surface area contributed by atoms with Crippen LogP contribution in [0.3, 0.4) is 0 Å². The zero-order valence-electron chi connectivity index (χ0n) is 34.2. The molecule has 2 aromatic carbocycles. The Morgan fingerprint density at radius 3 is 2.40 bits per heavy atom. The van der Waals surface area contributed by atoms with Crippen molar-refractivity contribution < 1.29 is 32.2 Å². The number of carbonyl (C=O) groups is 1. The van der Waals surface area contributed by atoms with Crippen LogP contribution in [0.25, 0.3) is 0 Å². The number of aryl methyl sites for hydroxylation is 1. The first-order valence-corrected chi connectivity index (χ1v) is 21.2. The molecule has 0 aliphatic carbocycles. The third kappa shape index (κ3) is 8.99. The van der Waals surface area contributed by atoms with Crippen LogP contribution in [0, 0.1) is 18.2 Å². The molecule has 16 heteroatoms. The first kappa shape index (κ1) is 41.5. The van der Waals surface area contributed by atoms with Crippen molar-refractivity contribution in [1.82, 2.24) is 29.3 Å². The molecule has 1 amide bonds. The van der Waals surface area contributed by atoms with Gasteiger partial charge in [-0.25, -0.2) is 27.9 Å². The maximum Gasteiger partial charge on any atom is 0.263 e. The van der Waals surface area contributed by atoms with E-state index in [1.807, 2.05) is 63.5 Å². The van der Waals surface area contributed by atoms with E-state index in [-0.39, 0.29) is 46.9 Å². The fraction of sp³-hybridized carbons (Fsp3) is 0.524. The number of hydrogen-bond acceptors (Lipinski definition) is 10.